The predicted molar refractivity (Wildman–Crippen MR) is 112 cm³/mol. The van der Waals surface area contributed by atoms with E-state index < -0.39 is 4.92 Å². The molecular formula is C22H20N2O3S. The molecule has 3 aromatic rings. The Morgan fingerprint density at radius 3 is 1.93 bits per heavy atom. The molecule has 6 heteroatoms. The first-order valence-corrected chi connectivity index (χ1v) is 9.99. The minimum absolute atomic E-state index is 0.0513. The van der Waals surface area contributed by atoms with Crippen LogP contribution in [0.3, 0.4) is 0 Å². The van der Waals surface area contributed by atoms with Gasteiger partial charge in [0.15, 0.2) is 0 Å². The number of nitrogens with zero attached hydrogens (tertiary/aromatic N) is 1. The van der Waals surface area contributed by atoms with Crippen molar-refractivity contribution in [3.8, 4) is 0 Å². The Morgan fingerprint density at radius 2 is 1.43 bits per heavy atom. The zero-order valence-electron chi connectivity index (χ0n) is 15.2. The maximum atomic E-state index is 12.5. The van der Waals surface area contributed by atoms with Crippen molar-refractivity contribution in [3.63, 3.8) is 0 Å². The van der Waals surface area contributed by atoms with Crippen molar-refractivity contribution in [3.05, 3.63) is 112 Å². The lowest BCUT2D eigenvalue weighted by atomic mass is 9.99. The van der Waals surface area contributed by atoms with Gasteiger partial charge in [-0.3, -0.25) is 14.9 Å². The van der Waals surface area contributed by atoms with Gasteiger partial charge in [0, 0.05) is 17.9 Å². The number of thioether (sulfide) groups is 1. The van der Waals surface area contributed by atoms with Gasteiger partial charge < -0.3 is 5.32 Å². The van der Waals surface area contributed by atoms with Crippen LogP contribution in [0, 0.1) is 10.1 Å². The highest BCUT2D eigenvalue weighted by Crippen LogP contribution is 2.22. The molecule has 0 aliphatic carbocycles. The van der Waals surface area contributed by atoms with Crippen LogP contribution in [0.2, 0.25) is 0 Å². The second-order valence-corrected chi connectivity index (χ2v) is 7.22. The number of rotatable bonds is 8. The first kappa shape index (κ1) is 19.6. The van der Waals surface area contributed by atoms with Crippen molar-refractivity contribution in [1.29, 1.82) is 0 Å². The molecule has 0 fully saturated rings. The van der Waals surface area contributed by atoms with E-state index in [0.29, 0.717) is 11.5 Å². The van der Waals surface area contributed by atoms with Gasteiger partial charge in [0.05, 0.1) is 16.7 Å². The Kier molecular flexibility index (Phi) is 6.81. The van der Waals surface area contributed by atoms with Crippen LogP contribution < -0.4 is 5.32 Å². The number of hydrogen-bond acceptors (Lipinski definition) is 4. The number of amides is 1. The summed E-state index contributed by atoms with van der Waals surface area (Å²) in [6.07, 6.45) is 0. The molecule has 0 spiro atoms. The van der Waals surface area contributed by atoms with Gasteiger partial charge in [-0.05, 0) is 16.7 Å². The Labute approximate surface area is 167 Å². The number of nitro benzene ring substituents is 1. The van der Waals surface area contributed by atoms with Crippen molar-refractivity contribution < 1.29 is 9.72 Å². The molecule has 1 amide bonds. The molecule has 0 atom stereocenters. The van der Waals surface area contributed by atoms with E-state index in [4.69, 9.17) is 0 Å². The van der Waals surface area contributed by atoms with Crippen LogP contribution in [0.15, 0.2) is 84.9 Å². The highest BCUT2D eigenvalue weighted by molar-refractivity contribution is 7.99. The van der Waals surface area contributed by atoms with E-state index in [2.05, 4.69) is 5.32 Å². The lowest BCUT2D eigenvalue weighted by Crippen LogP contribution is -2.30. The molecule has 0 unspecified atom stereocenters. The monoisotopic (exact) mass is 392 g/mol. The van der Waals surface area contributed by atoms with E-state index in [1.54, 1.807) is 12.1 Å². The predicted octanol–water partition coefficient (Wildman–Crippen LogP) is 4.73. The van der Waals surface area contributed by atoms with E-state index in [-0.39, 0.29) is 17.6 Å². The summed E-state index contributed by atoms with van der Waals surface area (Å²) >= 11 is 1.48. The second-order valence-electron chi connectivity index (χ2n) is 6.24. The molecule has 142 valence electrons. The summed E-state index contributed by atoms with van der Waals surface area (Å²) < 4.78 is 0. The van der Waals surface area contributed by atoms with Gasteiger partial charge in [-0.2, -0.15) is 0 Å². The third kappa shape index (κ3) is 5.44. The van der Waals surface area contributed by atoms with E-state index in [1.807, 2.05) is 60.7 Å². The topological polar surface area (TPSA) is 72.2 Å². The van der Waals surface area contributed by atoms with E-state index in [9.17, 15) is 14.9 Å². The van der Waals surface area contributed by atoms with Crippen LogP contribution in [0.5, 0.6) is 0 Å². The molecule has 0 aromatic heterocycles. The quantitative estimate of drug-likeness (QED) is 0.444. The number of hydrogen-bond donors (Lipinski definition) is 1. The average Bonchev–Trinajstić information content (AvgIpc) is 2.73. The molecule has 5 nitrogen and oxygen atoms in total. The van der Waals surface area contributed by atoms with Gasteiger partial charge in [-0.25, -0.2) is 0 Å². The lowest BCUT2D eigenvalue weighted by molar-refractivity contribution is -0.384. The average molecular weight is 392 g/mol. The second kappa shape index (κ2) is 9.71. The van der Waals surface area contributed by atoms with Crippen LogP contribution in [0.25, 0.3) is 0 Å². The van der Waals surface area contributed by atoms with Gasteiger partial charge in [0.2, 0.25) is 5.91 Å². The van der Waals surface area contributed by atoms with Crippen molar-refractivity contribution in [2.45, 2.75) is 11.8 Å². The molecular weight excluding hydrogens is 372 g/mol. The van der Waals surface area contributed by atoms with E-state index in [1.165, 1.54) is 23.9 Å². The number of nitro groups is 1. The number of nitrogens with one attached hydrogen (secondary N) is 1. The molecule has 3 rings (SSSR count). The standard InChI is InChI=1S/C22H20N2O3S/c25-21(16-28-15-17-11-13-20(14-12-17)24(26)27)23-22(18-7-3-1-4-8-18)19-9-5-2-6-10-19/h1-14,22H,15-16H2,(H,23,25). The third-order valence-corrected chi connectivity index (χ3v) is 5.22. The summed E-state index contributed by atoms with van der Waals surface area (Å²) in [6.45, 7) is 0. The molecule has 0 radical (unpaired) electrons. The fourth-order valence-corrected chi connectivity index (χ4v) is 3.63. The van der Waals surface area contributed by atoms with Crippen LogP contribution in [0.4, 0.5) is 5.69 Å². The van der Waals surface area contributed by atoms with Crippen molar-refractivity contribution in [2.75, 3.05) is 5.75 Å². The zero-order valence-corrected chi connectivity index (χ0v) is 16.0. The summed E-state index contributed by atoms with van der Waals surface area (Å²) in [5.74, 6) is 0.879. The van der Waals surface area contributed by atoms with Gasteiger partial charge in [-0.1, -0.05) is 72.8 Å². The highest BCUT2D eigenvalue weighted by atomic mass is 32.2. The number of carbonyl (C=O) groups excluding carboxylic acids is 1. The van der Waals surface area contributed by atoms with Gasteiger partial charge >= 0.3 is 0 Å². The summed E-state index contributed by atoms with van der Waals surface area (Å²) in [5, 5.41) is 13.8. The summed E-state index contributed by atoms with van der Waals surface area (Å²) in [4.78, 5) is 22.8. The van der Waals surface area contributed by atoms with Crippen LogP contribution in [0.1, 0.15) is 22.7 Å². The molecule has 0 aliphatic heterocycles. The molecule has 0 aliphatic rings. The first-order valence-electron chi connectivity index (χ1n) is 8.84. The Hall–Kier alpha value is -3.12. The molecule has 1 N–H and O–H groups in total. The van der Waals surface area contributed by atoms with Crippen LogP contribution >= 0.6 is 11.8 Å². The van der Waals surface area contributed by atoms with Gasteiger partial charge in [-0.15, -0.1) is 11.8 Å². The van der Waals surface area contributed by atoms with Crippen molar-refractivity contribution >= 4 is 23.4 Å². The van der Waals surface area contributed by atoms with Gasteiger partial charge in [0.25, 0.3) is 5.69 Å². The molecule has 0 heterocycles. The first-order chi connectivity index (χ1) is 13.6. The normalized spacial score (nSPS) is 10.6. The summed E-state index contributed by atoms with van der Waals surface area (Å²) in [6, 6.07) is 26.0. The molecule has 3 aromatic carbocycles. The smallest absolute Gasteiger partial charge is 0.269 e. The molecule has 0 saturated heterocycles. The van der Waals surface area contributed by atoms with Crippen LogP contribution in [-0.4, -0.2) is 16.6 Å². The maximum Gasteiger partial charge on any atom is 0.269 e. The molecule has 0 saturated carbocycles. The fourth-order valence-electron chi connectivity index (χ4n) is 2.83. The Bertz CT molecular complexity index is 876. The third-order valence-electron chi connectivity index (χ3n) is 4.22. The number of non-ortho nitro benzene ring substituents is 1. The zero-order chi connectivity index (χ0) is 19.8. The number of benzene rings is 3. The van der Waals surface area contributed by atoms with Crippen molar-refractivity contribution in [1.82, 2.24) is 5.32 Å². The van der Waals surface area contributed by atoms with Crippen molar-refractivity contribution in [2.24, 2.45) is 0 Å². The largest absolute Gasteiger partial charge is 0.344 e. The minimum Gasteiger partial charge on any atom is -0.344 e. The van der Waals surface area contributed by atoms with E-state index >= 15 is 0 Å². The lowest BCUT2D eigenvalue weighted by Gasteiger charge is -2.20. The maximum absolute atomic E-state index is 12.5. The van der Waals surface area contributed by atoms with Crippen LogP contribution in [-0.2, 0) is 10.5 Å². The molecule has 28 heavy (non-hydrogen) atoms. The minimum atomic E-state index is -0.419. The summed E-state index contributed by atoms with van der Waals surface area (Å²) in [5.41, 5.74) is 3.08. The molecule has 0 bridgehead atoms. The van der Waals surface area contributed by atoms with E-state index in [0.717, 1.165) is 16.7 Å². The highest BCUT2D eigenvalue weighted by Gasteiger charge is 2.16. The van der Waals surface area contributed by atoms with Gasteiger partial charge in [0.1, 0.15) is 0 Å². The Balaban J connectivity index is 1.59. The fraction of sp³-hybridized carbons (Fsp3) is 0.136. The number of carbonyl (C=O) groups is 1. The Morgan fingerprint density at radius 1 is 0.893 bits per heavy atom. The SMILES string of the molecule is O=C(CSCc1ccc([N+](=O)[O-])cc1)NC(c1ccccc1)c1ccccc1. The summed E-state index contributed by atoms with van der Waals surface area (Å²) in [7, 11) is 0.